The van der Waals surface area contributed by atoms with Crippen molar-refractivity contribution >= 4 is 10.1 Å². The van der Waals surface area contributed by atoms with Gasteiger partial charge in [0.15, 0.2) is 0 Å². The summed E-state index contributed by atoms with van der Waals surface area (Å²) < 4.78 is 39.6. The minimum Gasteiger partial charge on any atom is -0.494 e. The molecule has 0 aliphatic rings. The summed E-state index contributed by atoms with van der Waals surface area (Å²) in [6, 6.07) is 5.02. The van der Waals surface area contributed by atoms with E-state index in [1.54, 1.807) is 6.07 Å². The Balaban J connectivity index is 2.11. The highest BCUT2D eigenvalue weighted by Crippen LogP contribution is 2.25. The van der Waals surface area contributed by atoms with Gasteiger partial charge in [0.1, 0.15) is 5.75 Å². The number of hydrogen-bond acceptors (Lipinski definition) is 3. The molecule has 0 unspecified atom stereocenters. The largest absolute Gasteiger partial charge is 0.494 e. The highest BCUT2D eigenvalue weighted by atomic mass is 32.2. The maximum atomic E-state index is 11.9. The Morgan fingerprint density at radius 1 is 0.500 bits per heavy atom. The molecule has 0 aromatic heterocycles. The van der Waals surface area contributed by atoms with Crippen molar-refractivity contribution in [3.05, 3.63) is 23.8 Å². The topological polar surface area (TPSA) is 63.6 Å². The van der Waals surface area contributed by atoms with E-state index in [9.17, 15) is 13.0 Å². The summed E-state index contributed by atoms with van der Waals surface area (Å²) in [5.74, 6) is 0.711. The van der Waals surface area contributed by atoms with E-state index in [1.165, 1.54) is 173 Å². The summed E-state index contributed by atoms with van der Waals surface area (Å²) in [6.07, 6.45) is 38.9. The van der Waals surface area contributed by atoms with Gasteiger partial charge in [-0.25, -0.2) is 0 Å². The highest BCUT2D eigenvalue weighted by Gasteiger charge is 2.16. The number of ether oxygens (including phenoxy) is 1. The third-order valence-corrected chi connectivity index (χ3v) is 10.1. The molecule has 0 aliphatic heterocycles. The molecule has 1 aromatic rings. The van der Waals surface area contributed by atoms with E-state index in [0.29, 0.717) is 24.3 Å². The average molecular weight is 637 g/mol. The first-order valence-electron chi connectivity index (χ1n) is 19.2. The summed E-state index contributed by atoms with van der Waals surface area (Å²) in [4.78, 5) is 0.0335. The Hall–Kier alpha value is -1.07. The van der Waals surface area contributed by atoms with Gasteiger partial charge in [-0.15, -0.1) is 0 Å². The van der Waals surface area contributed by atoms with Crippen molar-refractivity contribution in [2.75, 3.05) is 6.61 Å². The van der Waals surface area contributed by atoms with E-state index in [2.05, 4.69) is 13.8 Å². The molecular formula is C39H72O4S. The molecule has 0 amide bonds. The van der Waals surface area contributed by atoms with Crippen molar-refractivity contribution in [2.24, 2.45) is 0 Å². The Kier molecular flexibility index (Phi) is 27.3. The highest BCUT2D eigenvalue weighted by molar-refractivity contribution is 7.85. The fourth-order valence-corrected chi connectivity index (χ4v) is 7.00. The van der Waals surface area contributed by atoms with Gasteiger partial charge in [0.05, 0.1) is 11.5 Å². The van der Waals surface area contributed by atoms with Crippen molar-refractivity contribution in [3.8, 4) is 5.75 Å². The predicted octanol–water partition coefficient (Wildman–Crippen LogP) is 13.2. The summed E-state index contributed by atoms with van der Waals surface area (Å²) in [5, 5.41) is 0. The maximum Gasteiger partial charge on any atom is 0.294 e. The number of benzene rings is 1. The average Bonchev–Trinajstić information content (AvgIpc) is 3.00. The predicted molar refractivity (Wildman–Crippen MR) is 191 cm³/mol. The van der Waals surface area contributed by atoms with E-state index < -0.39 is 10.1 Å². The zero-order chi connectivity index (χ0) is 32.0. The van der Waals surface area contributed by atoms with Crippen molar-refractivity contribution < 1.29 is 17.7 Å². The van der Waals surface area contributed by atoms with Gasteiger partial charge in [0.2, 0.25) is 0 Å². The first-order chi connectivity index (χ1) is 21.5. The van der Waals surface area contributed by atoms with Crippen LogP contribution in [0.4, 0.5) is 0 Å². The van der Waals surface area contributed by atoms with Crippen LogP contribution in [-0.2, 0) is 16.5 Å². The molecule has 0 aliphatic carbocycles. The van der Waals surface area contributed by atoms with Gasteiger partial charge < -0.3 is 4.74 Å². The molecule has 0 fully saturated rings. The molecule has 0 bridgehead atoms. The number of rotatable bonds is 33. The second kappa shape index (κ2) is 29.3. The molecule has 0 radical (unpaired) electrons. The van der Waals surface area contributed by atoms with Crippen LogP contribution in [0, 0.1) is 0 Å². The van der Waals surface area contributed by atoms with Crippen LogP contribution in [-0.4, -0.2) is 19.6 Å². The van der Waals surface area contributed by atoms with Crippen LogP contribution in [0.25, 0.3) is 0 Å². The number of hydrogen-bond donors (Lipinski definition) is 1. The lowest BCUT2D eigenvalue weighted by atomic mass is 10.0. The van der Waals surface area contributed by atoms with Gasteiger partial charge >= 0.3 is 0 Å². The smallest absolute Gasteiger partial charge is 0.294 e. The van der Waals surface area contributed by atoms with Crippen LogP contribution in [0.3, 0.4) is 0 Å². The lowest BCUT2D eigenvalue weighted by Gasteiger charge is -2.12. The number of aryl methyl sites for hydroxylation is 1. The fraction of sp³-hybridized carbons (Fsp3) is 0.846. The third-order valence-electron chi connectivity index (χ3n) is 9.13. The van der Waals surface area contributed by atoms with Crippen molar-refractivity contribution in [3.63, 3.8) is 0 Å². The minimum atomic E-state index is -4.23. The van der Waals surface area contributed by atoms with Crippen LogP contribution >= 0.6 is 0 Å². The van der Waals surface area contributed by atoms with E-state index in [0.717, 1.165) is 19.3 Å². The van der Waals surface area contributed by atoms with Crippen molar-refractivity contribution in [1.82, 2.24) is 0 Å². The molecule has 4 nitrogen and oxygen atoms in total. The first-order valence-corrected chi connectivity index (χ1v) is 20.7. The van der Waals surface area contributed by atoms with Crippen LogP contribution in [0.1, 0.15) is 206 Å². The molecule has 0 heterocycles. The molecule has 0 atom stereocenters. The molecule has 5 heteroatoms. The van der Waals surface area contributed by atoms with Gasteiger partial charge in [0, 0.05) is 0 Å². The monoisotopic (exact) mass is 637 g/mol. The van der Waals surface area contributed by atoms with Gasteiger partial charge in [-0.05, 0) is 43.0 Å². The maximum absolute atomic E-state index is 11.9. The zero-order valence-corrected chi connectivity index (χ0v) is 30.0. The Bertz CT molecular complexity index is 867. The molecule has 258 valence electrons. The van der Waals surface area contributed by atoms with E-state index in [1.807, 2.05) is 6.07 Å². The van der Waals surface area contributed by atoms with Gasteiger partial charge in [0.25, 0.3) is 10.1 Å². The number of unbranched alkanes of at least 4 members (excludes halogenated alkanes) is 27. The van der Waals surface area contributed by atoms with E-state index in [4.69, 9.17) is 4.74 Å². The molecule has 44 heavy (non-hydrogen) atoms. The van der Waals surface area contributed by atoms with E-state index >= 15 is 0 Å². The Morgan fingerprint density at radius 3 is 1.20 bits per heavy atom. The lowest BCUT2D eigenvalue weighted by Crippen LogP contribution is -2.05. The molecule has 1 aromatic carbocycles. The molecule has 1 N–H and O–H groups in total. The van der Waals surface area contributed by atoms with Gasteiger partial charge in [-0.3, -0.25) is 4.55 Å². The minimum absolute atomic E-state index is 0.0335. The Morgan fingerprint density at radius 2 is 0.841 bits per heavy atom. The van der Waals surface area contributed by atoms with E-state index in [-0.39, 0.29) is 4.90 Å². The summed E-state index contributed by atoms with van der Waals surface area (Å²) in [7, 11) is -4.23. The quantitative estimate of drug-likeness (QED) is 0.0616. The lowest BCUT2D eigenvalue weighted by molar-refractivity contribution is 0.303. The van der Waals surface area contributed by atoms with Crippen LogP contribution in [0.2, 0.25) is 0 Å². The summed E-state index contributed by atoms with van der Waals surface area (Å²) in [5.41, 5.74) is 0.681. The normalized spacial score (nSPS) is 11.8. The third kappa shape index (κ3) is 24.2. The van der Waals surface area contributed by atoms with Gasteiger partial charge in [-0.1, -0.05) is 187 Å². The Labute approximate surface area is 274 Å². The van der Waals surface area contributed by atoms with Crippen molar-refractivity contribution in [1.29, 1.82) is 0 Å². The van der Waals surface area contributed by atoms with Crippen molar-refractivity contribution in [2.45, 2.75) is 211 Å². The molecule has 1 rings (SSSR count). The van der Waals surface area contributed by atoms with Gasteiger partial charge in [-0.2, -0.15) is 8.42 Å². The fourth-order valence-electron chi connectivity index (χ4n) is 6.27. The standard InChI is InChI=1S/C39H72O4S/c1-3-5-7-9-11-13-15-17-18-19-21-23-25-27-29-31-35-43-38-33-34-39(44(40,41)42)37(36-38)32-30-28-26-24-22-20-16-14-12-10-8-6-4-2/h33-34,36H,3-32,35H2,1-2H3,(H,40,41,42). The van der Waals surface area contributed by atoms with Crippen LogP contribution < -0.4 is 4.74 Å². The first kappa shape index (κ1) is 41.0. The molecule has 0 spiro atoms. The molecule has 0 saturated carbocycles. The molecular weight excluding hydrogens is 564 g/mol. The van der Waals surface area contributed by atoms with Crippen LogP contribution in [0.15, 0.2) is 23.1 Å². The van der Waals surface area contributed by atoms with Crippen LogP contribution in [0.5, 0.6) is 5.75 Å². The summed E-state index contributed by atoms with van der Waals surface area (Å²) >= 11 is 0. The summed E-state index contributed by atoms with van der Waals surface area (Å²) in [6.45, 7) is 5.20. The SMILES string of the molecule is CCCCCCCCCCCCCCCCCCOc1ccc(S(=O)(=O)O)c(CCCCCCCCCCCCCCC)c1. The second-order valence-electron chi connectivity index (χ2n) is 13.4. The zero-order valence-electron chi connectivity index (χ0n) is 29.2. The molecule has 0 saturated heterocycles. The second-order valence-corrected chi connectivity index (χ2v) is 14.8.